The van der Waals surface area contributed by atoms with Crippen molar-refractivity contribution in [1.29, 1.82) is 0 Å². The number of amidine groups is 1. The highest BCUT2D eigenvalue weighted by atomic mass is 32.1. The van der Waals surface area contributed by atoms with Crippen LogP contribution in [0.5, 0.6) is 0 Å². The fraction of sp³-hybridized carbons (Fsp3) is 0.0625. The third-order valence-electron chi connectivity index (χ3n) is 10.7. The topological polar surface area (TPSA) is 40.8 Å². The van der Waals surface area contributed by atoms with Crippen LogP contribution >= 0.6 is 11.3 Å². The summed E-state index contributed by atoms with van der Waals surface area (Å²) < 4.78 is 9.11. The molecule has 4 nitrogen and oxygen atoms in total. The molecular formula is C48H33N3OS. The van der Waals surface area contributed by atoms with Crippen molar-refractivity contribution >= 4 is 77.9 Å². The van der Waals surface area contributed by atoms with Crippen LogP contribution in [0.4, 0.5) is 11.4 Å². The summed E-state index contributed by atoms with van der Waals surface area (Å²) in [7, 11) is 0. The number of nitrogens with one attached hydrogen (secondary N) is 1. The van der Waals surface area contributed by atoms with Gasteiger partial charge in [-0.2, -0.15) is 0 Å². The Bertz CT molecular complexity index is 2870. The highest BCUT2D eigenvalue weighted by molar-refractivity contribution is 7.25. The second-order valence-corrected chi connectivity index (χ2v) is 15.0. The van der Waals surface area contributed by atoms with Gasteiger partial charge in [-0.25, -0.2) is 4.99 Å². The van der Waals surface area contributed by atoms with E-state index in [2.05, 4.69) is 174 Å². The van der Waals surface area contributed by atoms with E-state index in [0.717, 1.165) is 75.0 Å². The number of anilines is 2. The summed E-state index contributed by atoms with van der Waals surface area (Å²) in [5, 5.41) is 7.50. The van der Waals surface area contributed by atoms with E-state index < -0.39 is 0 Å². The second-order valence-electron chi connectivity index (χ2n) is 13.9. The van der Waals surface area contributed by atoms with Crippen LogP contribution in [0.3, 0.4) is 0 Å². The van der Waals surface area contributed by atoms with Gasteiger partial charge in [0.15, 0.2) is 0 Å². The number of furan rings is 1. The van der Waals surface area contributed by atoms with E-state index in [9.17, 15) is 0 Å². The van der Waals surface area contributed by atoms with E-state index >= 15 is 0 Å². The van der Waals surface area contributed by atoms with Gasteiger partial charge in [0.25, 0.3) is 0 Å². The number of allylic oxidation sites excluding steroid dienone is 1. The number of aryl methyl sites for hydroxylation is 1. The minimum atomic E-state index is -0.0800. The Hall–Kier alpha value is -6.43. The molecular weight excluding hydrogens is 667 g/mol. The fourth-order valence-electron chi connectivity index (χ4n) is 8.18. The summed E-state index contributed by atoms with van der Waals surface area (Å²) in [5.74, 6) is 2.71. The first-order valence-corrected chi connectivity index (χ1v) is 19.0. The molecule has 252 valence electrons. The van der Waals surface area contributed by atoms with Crippen molar-refractivity contribution in [2.24, 2.45) is 4.99 Å². The van der Waals surface area contributed by atoms with Crippen LogP contribution in [0.1, 0.15) is 46.0 Å². The van der Waals surface area contributed by atoms with Crippen LogP contribution in [0.15, 0.2) is 161 Å². The molecule has 8 aromatic rings. The maximum atomic E-state index is 6.54. The van der Waals surface area contributed by atoms with Crippen molar-refractivity contribution < 1.29 is 4.42 Å². The zero-order valence-corrected chi connectivity index (χ0v) is 29.6. The van der Waals surface area contributed by atoms with E-state index in [1.165, 1.54) is 36.7 Å². The lowest BCUT2D eigenvalue weighted by atomic mass is 9.96. The molecule has 6 aromatic carbocycles. The van der Waals surface area contributed by atoms with Crippen LogP contribution in [-0.2, 0) is 6.42 Å². The van der Waals surface area contributed by atoms with Gasteiger partial charge in [0.2, 0.25) is 0 Å². The molecule has 2 aromatic heterocycles. The maximum Gasteiger partial charge on any atom is 0.142 e. The Balaban J connectivity index is 1.14. The zero-order valence-electron chi connectivity index (χ0n) is 28.8. The molecule has 1 aliphatic carbocycles. The molecule has 0 spiro atoms. The largest absolute Gasteiger partial charge is 0.456 e. The summed E-state index contributed by atoms with van der Waals surface area (Å²) in [5.41, 5.74) is 11.2. The van der Waals surface area contributed by atoms with Crippen molar-refractivity contribution in [2.75, 3.05) is 4.90 Å². The second kappa shape index (κ2) is 12.1. The number of para-hydroxylation sites is 1. The summed E-state index contributed by atoms with van der Waals surface area (Å²) in [6.07, 6.45) is 13.2. The number of hydrogen-bond donors (Lipinski definition) is 1. The maximum absolute atomic E-state index is 6.54. The van der Waals surface area contributed by atoms with Gasteiger partial charge in [0.1, 0.15) is 23.0 Å². The quantitative estimate of drug-likeness (QED) is 0.199. The van der Waals surface area contributed by atoms with E-state index in [1.54, 1.807) is 0 Å². The van der Waals surface area contributed by atoms with Crippen molar-refractivity contribution in [1.82, 2.24) is 5.32 Å². The molecule has 11 rings (SSSR count). The van der Waals surface area contributed by atoms with Crippen LogP contribution in [0.2, 0.25) is 0 Å². The Morgan fingerprint density at radius 1 is 0.660 bits per heavy atom. The van der Waals surface area contributed by atoms with Crippen molar-refractivity contribution in [3.05, 3.63) is 185 Å². The molecule has 0 saturated carbocycles. The third-order valence-corrected chi connectivity index (χ3v) is 11.9. The summed E-state index contributed by atoms with van der Waals surface area (Å²) >= 11 is 1.85. The fourth-order valence-corrected chi connectivity index (χ4v) is 9.31. The Labute approximate surface area is 311 Å². The molecule has 0 amide bonds. The number of benzene rings is 6. The molecule has 1 N–H and O–H groups in total. The Kier molecular flexibility index (Phi) is 6.89. The van der Waals surface area contributed by atoms with Crippen LogP contribution in [0, 0.1) is 0 Å². The van der Waals surface area contributed by atoms with Crippen molar-refractivity contribution in [2.45, 2.75) is 18.9 Å². The highest BCUT2D eigenvalue weighted by Crippen LogP contribution is 2.47. The van der Waals surface area contributed by atoms with Crippen LogP contribution < -0.4 is 10.2 Å². The van der Waals surface area contributed by atoms with Gasteiger partial charge in [-0.15, -0.1) is 11.3 Å². The predicted octanol–water partition coefficient (Wildman–Crippen LogP) is 12.7. The van der Waals surface area contributed by atoms with E-state index in [-0.39, 0.29) is 6.04 Å². The number of thiophene rings is 1. The molecule has 0 radical (unpaired) electrons. The highest BCUT2D eigenvalue weighted by Gasteiger charge is 2.28. The molecule has 0 bridgehead atoms. The normalized spacial score (nSPS) is 16.2. The van der Waals surface area contributed by atoms with E-state index in [0.29, 0.717) is 0 Å². The van der Waals surface area contributed by atoms with Crippen LogP contribution in [-0.4, -0.2) is 5.84 Å². The van der Waals surface area contributed by atoms with Gasteiger partial charge in [0, 0.05) is 47.8 Å². The number of nitrogens with zero attached hydrogens (tertiary/aromatic N) is 2. The lowest BCUT2D eigenvalue weighted by Crippen LogP contribution is -2.34. The van der Waals surface area contributed by atoms with Crippen LogP contribution in [0.25, 0.3) is 60.5 Å². The average molecular weight is 700 g/mol. The molecule has 5 heteroatoms. The van der Waals surface area contributed by atoms with Gasteiger partial charge in [-0.05, 0) is 72.0 Å². The number of fused-ring (bicyclic) bond motifs is 8. The first-order chi connectivity index (χ1) is 26.2. The van der Waals surface area contributed by atoms with Gasteiger partial charge < -0.3 is 9.73 Å². The number of aliphatic imine (C=N–C) groups is 1. The number of hydrogen-bond acceptors (Lipinski definition) is 5. The molecule has 1 unspecified atom stereocenters. The molecule has 2 aliphatic heterocycles. The molecule has 53 heavy (non-hydrogen) atoms. The standard InChI is InChI=1S/C48H33N3OS/c1-3-12-30(13-4-1)40-29-46(50-48(49-40)31-14-5-2-6-15-31)51-41-25-24-32(35-18-11-19-38-36-16-7-9-20-43(36)52-47(35)38)26-33(41)22-23-34-27-45-39(28-42(34)51)37-17-8-10-21-44(37)53-45/h1-6,8-15,17-29,40H,7,16H2,(H,49,50). The lowest BCUT2D eigenvalue weighted by molar-refractivity contribution is 0.596. The summed E-state index contributed by atoms with van der Waals surface area (Å²) in [6.45, 7) is 0. The molecule has 0 saturated heterocycles. The lowest BCUT2D eigenvalue weighted by Gasteiger charge is -2.32. The summed E-state index contributed by atoms with van der Waals surface area (Å²) in [4.78, 5) is 7.80. The first-order valence-electron chi connectivity index (χ1n) is 18.2. The zero-order chi connectivity index (χ0) is 34.9. The molecule has 1 atom stereocenters. The minimum Gasteiger partial charge on any atom is -0.456 e. The van der Waals surface area contributed by atoms with Crippen molar-refractivity contribution in [3.8, 4) is 11.1 Å². The average Bonchev–Trinajstić information content (AvgIpc) is 3.74. The third kappa shape index (κ3) is 5.00. The molecule has 4 heterocycles. The SMILES string of the molecule is C1=Cc2oc3c(-c4ccc5c(c4)C=Cc4cc6sc7ccccc7c6cc4N5C4=CC(c5ccccc5)NC(c5ccccc5)=N4)cccc3c2CC1. The molecule has 3 aliphatic rings. The smallest absolute Gasteiger partial charge is 0.142 e. The first kappa shape index (κ1) is 30.2. The van der Waals surface area contributed by atoms with Gasteiger partial charge >= 0.3 is 0 Å². The van der Waals surface area contributed by atoms with Gasteiger partial charge in [-0.3, -0.25) is 4.90 Å². The van der Waals surface area contributed by atoms with E-state index in [1.807, 2.05) is 11.3 Å². The Morgan fingerprint density at radius 3 is 2.34 bits per heavy atom. The minimum absolute atomic E-state index is 0.0800. The Morgan fingerprint density at radius 2 is 1.45 bits per heavy atom. The number of rotatable bonds is 4. The molecule has 0 fully saturated rings. The monoisotopic (exact) mass is 699 g/mol. The summed E-state index contributed by atoms with van der Waals surface area (Å²) in [6, 6.07) is 47.8. The van der Waals surface area contributed by atoms with Gasteiger partial charge in [0.05, 0.1) is 17.4 Å². The van der Waals surface area contributed by atoms with E-state index in [4.69, 9.17) is 9.41 Å². The predicted molar refractivity (Wildman–Crippen MR) is 223 cm³/mol. The van der Waals surface area contributed by atoms with Gasteiger partial charge in [-0.1, -0.05) is 121 Å². The van der Waals surface area contributed by atoms with Crippen molar-refractivity contribution in [3.63, 3.8) is 0 Å².